The number of fused-ring (bicyclic) bond motifs is 1. The van der Waals surface area contributed by atoms with Crippen molar-refractivity contribution in [1.29, 1.82) is 0 Å². The molecule has 0 bridgehead atoms. The highest BCUT2D eigenvalue weighted by Crippen LogP contribution is 2.30. The first-order valence-electron chi connectivity index (χ1n) is 7.29. The van der Waals surface area contributed by atoms with E-state index in [4.69, 9.17) is 11.6 Å². The van der Waals surface area contributed by atoms with E-state index in [0.717, 1.165) is 18.0 Å². The lowest BCUT2D eigenvalue weighted by atomic mass is 10.1. The Morgan fingerprint density at radius 3 is 2.80 bits per heavy atom. The molecule has 1 aromatic heterocycles. The van der Waals surface area contributed by atoms with Crippen LogP contribution in [-0.2, 0) is 25.8 Å². The van der Waals surface area contributed by atoms with Crippen LogP contribution in [-0.4, -0.2) is 6.04 Å². The second-order valence-electron chi connectivity index (χ2n) is 5.63. The first kappa shape index (κ1) is 14.1. The Balaban J connectivity index is 1.51. The number of hydrogen-bond donors (Lipinski definition) is 1. The predicted octanol–water partition coefficient (Wildman–Crippen LogP) is 4.61. The molecule has 20 heavy (non-hydrogen) atoms. The Morgan fingerprint density at radius 1 is 1.25 bits per heavy atom. The third kappa shape index (κ3) is 3.43. The van der Waals surface area contributed by atoms with E-state index in [1.807, 2.05) is 23.5 Å². The first-order valence-corrected chi connectivity index (χ1v) is 8.48. The van der Waals surface area contributed by atoms with Crippen molar-refractivity contribution in [2.45, 2.75) is 45.2 Å². The molecule has 3 heteroatoms. The van der Waals surface area contributed by atoms with E-state index in [9.17, 15) is 0 Å². The van der Waals surface area contributed by atoms with Crippen LogP contribution in [0.2, 0.25) is 5.02 Å². The summed E-state index contributed by atoms with van der Waals surface area (Å²) < 4.78 is 0. The van der Waals surface area contributed by atoms with E-state index < -0.39 is 0 Å². The molecule has 1 atom stereocenters. The highest BCUT2D eigenvalue weighted by molar-refractivity contribution is 7.12. The quantitative estimate of drug-likeness (QED) is 0.850. The van der Waals surface area contributed by atoms with Gasteiger partial charge in [0, 0.05) is 27.4 Å². The average Bonchev–Trinajstić information content (AvgIpc) is 3.00. The van der Waals surface area contributed by atoms with Gasteiger partial charge in [0.25, 0.3) is 0 Å². The minimum atomic E-state index is 0.480. The maximum atomic E-state index is 5.91. The Kier molecular flexibility index (Phi) is 4.45. The van der Waals surface area contributed by atoms with Crippen LogP contribution in [0.3, 0.4) is 0 Å². The molecule has 1 aliphatic rings. The van der Waals surface area contributed by atoms with Gasteiger partial charge in [-0.15, -0.1) is 11.3 Å². The maximum Gasteiger partial charge on any atom is 0.0406 e. The Bertz CT molecular complexity index is 552. The Morgan fingerprint density at radius 2 is 2.05 bits per heavy atom. The molecule has 1 N–H and O–H groups in total. The molecule has 0 saturated heterocycles. The zero-order valence-corrected chi connectivity index (χ0v) is 13.4. The van der Waals surface area contributed by atoms with Gasteiger partial charge >= 0.3 is 0 Å². The summed E-state index contributed by atoms with van der Waals surface area (Å²) in [5, 5.41) is 4.44. The molecule has 1 aromatic carbocycles. The third-order valence-electron chi connectivity index (χ3n) is 3.88. The highest BCUT2D eigenvalue weighted by atomic mass is 35.5. The van der Waals surface area contributed by atoms with Gasteiger partial charge in [-0.2, -0.15) is 0 Å². The summed E-state index contributed by atoms with van der Waals surface area (Å²) in [6.07, 6.45) is 4.97. The van der Waals surface area contributed by atoms with Gasteiger partial charge in [0.05, 0.1) is 0 Å². The second kappa shape index (κ2) is 6.30. The molecular formula is C17H20ClNS. The fourth-order valence-electron chi connectivity index (χ4n) is 2.80. The van der Waals surface area contributed by atoms with E-state index in [-0.39, 0.29) is 0 Å². The number of nitrogens with one attached hydrogen (secondary N) is 1. The van der Waals surface area contributed by atoms with Gasteiger partial charge in [-0.1, -0.05) is 23.7 Å². The lowest BCUT2D eigenvalue weighted by molar-refractivity contribution is 0.548. The molecule has 2 aromatic rings. The van der Waals surface area contributed by atoms with Crippen LogP contribution in [0, 0.1) is 0 Å². The largest absolute Gasteiger partial charge is 0.309 e. The molecule has 0 radical (unpaired) electrons. The van der Waals surface area contributed by atoms with Crippen LogP contribution in [0.4, 0.5) is 0 Å². The van der Waals surface area contributed by atoms with Crippen molar-refractivity contribution in [3.63, 3.8) is 0 Å². The average molecular weight is 306 g/mol. The van der Waals surface area contributed by atoms with E-state index >= 15 is 0 Å². The number of hydrogen-bond acceptors (Lipinski definition) is 2. The van der Waals surface area contributed by atoms with Gasteiger partial charge in [0.1, 0.15) is 0 Å². The van der Waals surface area contributed by atoms with Gasteiger partial charge in [-0.05, 0) is 61.9 Å². The topological polar surface area (TPSA) is 12.0 Å². The van der Waals surface area contributed by atoms with Crippen molar-refractivity contribution in [3.05, 3.63) is 56.2 Å². The van der Waals surface area contributed by atoms with Gasteiger partial charge in [0.15, 0.2) is 0 Å². The molecule has 0 spiro atoms. The monoisotopic (exact) mass is 305 g/mol. The van der Waals surface area contributed by atoms with Gasteiger partial charge < -0.3 is 5.32 Å². The van der Waals surface area contributed by atoms with Crippen LogP contribution in [0.5, 0.6) is 0 Å². The predicted molar refractivity (Wildman–Crippen MR) is 87.8 cm³/mol. The molecule has 1 nitrogen and oxygen atoms in total. The lowest BCUT2D eigenvalue weighted by Gasteiger charge is -2.13. The fraction of sp³-hybridized carbons (Fsp3) is 0.412. The van der Waals surface area contributed by atoms with Crippen molar-refractivity contribution in [1.82, 2.24) is 5.32 Å². The molecule has 3 rings (SSSR count). The fourth-order valence-corrected chi connectivity index (χ4v) is 4.14. The number of benzene rings is 1. The van der Waals surface area contributed by atoms with Crippen molar-refractivity contribution in [2.75, 3.05) is 0 Å². The van der Waals surface area contributed by atoms with Crippen LogP contribution in [0.25, 0.3) is 0 Å². The van der Waals surface area contributed by atoms with E-state index in [1.165, 1.54) is 29.7 Å². The summed E-state index contributed by atoms with van der Waals surface area (Å²) in [6, 6.07) is 11.0. The van der Waals surface area contributed by atoms with Crippen LogP contribution in [0.1, 0.15) is 34.2 Å². The second-order valence-corrected chi connectivity index (χ2v) is 7.28. The lowest BCUT2D eigenvalue weighted by Crippen LogP contribution is -2.27. The zero-order valence-electron chi connectivity index (χ0n) is 11.8. The summed E-state index contributed by atoms with van der Waals surface area (Å²) in [5.41, 5.74) is 2.93. The SMILES string of the molecule is CC(Cc1ccc(Cl)cc1)NCc1cc2c(s1)CCC2. The van der Waals surface area contributed by atoms with E-state index in [2.05, 4.69) is 30.4 Å². The third-order valence-corrected chi connectivity index (χ3v) is 5.37. The smallest absolute Gasteiger partial charge is 0.0406 e. The standard InChI is InChI=1S/C17H20ClNS/c1-12(9-13-5-7-15(18)8-6-13)19-11-16-10-14-3-2-4-17(14)20-16/h5-8,10,12,19H,2-4,9,11H2,1H3. The van der Waals surface area contributed by atoms with Crippen molar-refractivity contribution < 1.29 is 0 Å². The molecule has 0 amide bonds. The number of aryl methyl sites for hydroxylation is 2. The zero-order chi connectivity index (χ0) is 13.9. The normalized spacial score (nSPS) is 15.3. The molecule has 0 aliphatic heterocycles. The summed E-state index contributed by atoms with van der Waals surface area (Å²) in [7, 11) is 0. The maximum absolute atomic E-state index is 5.91. The van der Waals surface area contributed by atoms with Gasteiger partial charge in [-0.25, -0.2) is 0 Å². The molecule has 1 unspecified atom stereocenters. The van der Waals surface area contributed by atoms with Crippen LogP contribution in [0.15, 0.2) is 30.3 Å². The molecule has 0 saturated carbocycles. The number of rotatable bonds is 5. The summed E-state index contributed by atoms with van der Waals surface area (Å²) >= 11 is 7.90. The minimum Gasteiger partial charge on any atom is -0.309 e. The molecule has 106 valence electrons. The van der Waals surface area contributed by atoms with E-state index in [0.29, 0.717) is 6.04 Å². The number of halogens is 1. The molecule has 0 fully saturated rings. The summed E-state index contributed by atoms with van der Waals surface area (Å²) in [5.74, 6) is 0. The van der Waals surface area contributed by atoms with Crippen molar-refractivity contribution >= 4 is 22.9 Å². The van der Waals surface area contributed by atoms with Crippen molar-refractivity contribution in [3.8, 4) is 0 Å². The Hall–Kier alpha value is -0.830. The molecule has 1 aliphatic carbocycles. The van der Waals surface area contributed by atoms with Gasteiger partial charge in [-0.3, -0.25) is 0 Å². The van der Waals surface area contributed by atoms with E-state index in [1.54, 1.807) is 10.4 Å². The van der Waals surface area contributed by atoms with Crippen LogP contribution >= 0.6 is 22.9 Å². The molecule has 1 heterocycles. The Labute approximate surface area is 130 Å². The van der Waals surface area contributed by atoms with Crippen molar-refractivity contribution in [2.24, 2.45) is 0 Å². The molecular weight excluding hydrogens is 286 g/mol. The van der Waals surface area contributed by atoms with Crippen LogP contribution < -0.4 is 5.32 Å². The highest BCUT2D eigenvalue weighted by Gasteiger charge is 2.14. The summed E-state index contributed by atoms with van der Waals surface area (Å²) in [6.45, 7) is 3.24. The number of thiophene rings is 1. The minimum absolute atomic E-state index is 0.480. The first-order chi connectivity index (χ1) is 9.70. The van der Waals surface area contributed by atoms with Gasteiger partial charge in [0.2, 0.25) is 0 Å². The summed E-state index contributed by atoms with van der Waals surface area (Å²) in [4.78, 5) is 3.10.